The van der Waals surface area contributed by atoms with E-state index < -0.39 is 5.60 Å². The van der Waals surface area contributed by atoms with E-state index in [9.17, 15) is 9.18 Å². The number of benzene rings is 1. The Morgan fingerprint density at radius 2 is 1.88 bits per heavy atom. The van der Waals surface area contributed by atoms with Crippen LogP contribution in [0.1, 0.15) is 58.4 Å². The first-order chi connectivity index (χ1) is 12.3. The third-order valence-corrected chi connectivity index (χ3v) is 3.59. The molecule has 0 saturated carbocycles. The summed E-state index contributed by atoms with van der Waals surface area (Å²) in [4.78, 5) is 15.8. The van der Waals surface area contributed by atoms with Crippen LogP contribution < -0.4 is 10.6 Å². The third kappa shape index (κ3) is 10.7. The highest BCUT2D eigenvalue weighted by molar-refractivity contribution is 5.79. The zero-order chi connectivity index (χ0) is 19.4. The number of guanidine groups is 1. The van der Waals surface area contributed by atoms with Crippen LogP contribution in [0.15, 0.2) is 29.3 Å². The second-order valence-corrected chi connectivity index (χ2v) is 7.23. The number of unbranched alkanes of at least 4 members (excludes halogenated alkanes) is 3. The maximum absolute atomic E-state index is 13.2. The molecular weight excluding hydrogens is 333 g/mol. The second-order valence-electron chi connectivity index (χ2n) is 7.23. The van der Waals surface area contributed by atoms with E-state index in [-0.39, 0.29) is 11.8 Å². The number of carbonyl (C=O) groups excluding carboxylic acids is 1. The third-order valence-electron chi connectivity index (χ3n) is 3.59. The lowest BCUT2D eigenvalue weighted by Gasteiger charge is -2.19. The Balaban J connectivity index is 2.09. The summed E-state index contributed by atoms with van der Waals surface area (Å²) in [6, 6.07) is 6.50. The first-order valence-electron chi connectivity index (χ1n) is 9.21. The van der Waals surface area contributed by atoms with Gasteiger partial charge in [0.15, 0.2) is 5.96 Å². The van der Waals surface area contributed by atoms with Crippen LogP contribution in [0.2, 0.25) is 0 Å². The van der Waals surface area contributed by atoms with Crippen LogP contribution in [0.3, 0.4) is 0 Å². The van der Waals surface area contributed by atoms with Crippen molar-refractivity contribution in [3.8, 4) is 0 Å². The van der Waals surface area contributed by atoms with E-state index >= 15 is 0 Å². The molecule has 0 atom stereocenters. The second kappa shape index (κ2) is 11.5. The number of ether oxygens (including phenoxy) is 1. The maximum Gasteiger partial charge on any atom is 0.306 e. The van der Waals surface area contributed by atoms with Gasteiger partial charge in [0, 0.05) is 26.6 Å². The summed E-state index contributed by atoms with van der Waals surface area (Å²) in [5, 5.41) is 6.40. The van der Waals surface area contributed by atoms with Gasteiger partial charge >= 0.3 is 5.97 Å². The van der Waals surface area contributed by atoms with E-state index in [0.717, 1.165) is 37.8 Å². The molecule has 0 fully saturated rings. The van der Waals surface area contributed by atoms with Crippen LogP contribution >= 0.6 is 0 Å². The summed E-state index contributed by atoms with van der Waals surface area (Å²) in [6.45, 7) is 6.96. The summed E-state index contributed by atoms with van der Waals surface area (Å²) in [5.74, 6) is 0.333. The Morgan fingerprint density at radius 3 is 2.54 bits per heavy atom. The number of esters is 1. The Morgan fingerprint density at radius 1 is 1.15 bits per heavy atom. The maximum atomic E-state index is 13.2. The summed E-state index contributed by atoms with van der Waals surface area (Å²) in [6.07, 6.45) is 4.35. The molecule has 0 heterocycles. The quantitative estimate of drug-likeness (QED) is 0.303. The molecule has 1 rings (SSSR count). The Bertz CT molecular complexity index is 583. The highest BCUT2D eigenvalue weighted by Crippen LogP contribution is 2.11. The van der Waals surface area contributed by atoms with Gasteiger partial charge in [0.25, 0.3) is 0 Å². The minimum Gasteiger partial charge on any atom is -0.460 e. The highest BCUT2D eigenvalue weighted by atomic mass is 19.1. The molecular formula is C20H32FN3O2. The Labute approximate surface area is 156 Å². The number of carbonyl (C=O) groups is 1. The minimum absolute atomic E-state index is 0.127. The van der Waals surface area contributed by atoms with Crippen molar-refractivity contribution in [1.29, 1.82) is 0 Å². The SMILES string of the molecule is CN=C(NCCCCCCC(=O)OC(C)(C)C)NCc1cccc(F)c1. The smallest absolute Gasteiger partial charge is 0.306 e. The van der Waals surface area contributed by atoms with Gasteiger partial charge < -0.3 is 15.4 Å². The molecule has 0 saturated heterocycles. The molecule has 0 bridgehead atoms. The van der Waals surface area contributed by atoms with Gasteiger partial charge in [-0.2, -0.15) is 0 Å². The number of nitrogens with one attached hydrogen (secondary N) is 2. The van der Waals surface area contributed by atoms with E-state index in [1.54, 1.807) is 13.1 Å². The lowest BCUT2D eigenvalue weighted by atomic mass is 10.1. The van der Waals surface area contributed by atoms with E-state index in [1.807, 2.05) is 26.8 Å². The fraction of sp³-hybridized carbons (Fsp3) is 0.600. The van der Waals surface area contributed by atoms with E-state index in [2.05, 4.69) is 15.6 Å². The fourth-order valence-corrected chi connectivity index (χ4v) is 2.40. The molecule has 26 heavy (non-hydrogen) atoms. The average Bonchev–Trinajstić information content (AvgIpc) is 2.55. The molecule has 5 nitrogen and oxygen atoms in total. The molecule has 0 radical (unpaired) electrons. The predicted molar refractivity (Wildman–Crippen MR) is 104 cm³/mol. The summed E-state index contributed by atoms with van der Waals surface area (Å²) in [7, 11) is 1.71. The van der Waals surface area contributed by atoms with E-state index in [4.69, 9.17) is 4.74 Å². The first kappa shape index (κ1) is 21.9. The summed E-state index contributed by atoms with van der Waals surface area (Å²) >= 11 is 0. The zero-order valence-electron chi connectivity index (χ0n) is 16.4. The van der Waals surface area contributed by atoms with Crippen molar-refractivity contribution < 1.29 is 13.9 Å². The van der Waals surface area contributed by atoms with E-state index in [0.29, 0.717) is 18.9 Å². The van der Waals surface area contributed by atoms with Gasteiger partial charge in [0.2, 0.25) is 0 Å². The van der Waals surface area contributed by atoms with Gasteiger partial charge in [-0.05, 0) is 51.3 Å². The van der Waals surface area contributed by atoms with Crippen LogP contribution in [0.4, 0.5) is 4.39 Å². The highest BCUT2D eigenvalue weighted by Gasteiger charge is 2.15. The molecule has 1 aromatic carbocycles. The summed E-state index contributed by atoms with van der Waals surface area (Å²) < 4.78 is 18.4. The lowest BCUT2D eigenvalue weighted by molar-refractivity contribution is -0.154. The molecule has 0 unspecified atom stereocenters. The molecule has 6 heteroatoms. The van der Waals surface area contributed by atoms with Gasteiger partial charge in [-0.3, -0.25) is 9.79 Å². The Kier molecular flexibility index (Phi) is 9.70. The van der Waals surface area contributed by atoms with Crippen molar-refractivity contribution in [3.63, 3.8) is 0 Å². The first-order valence-corrected chi connectivity index (χ1v) is 9.21. The normalized spacial score (nSPS) is 12.0. The van der Waals surface area contributed by atoms with Gasteiger partial charge in [-0.1, -0.05) is 25.0 Å². The van der Waals surface area contributed by atoms with Crippen LogP contribution in [0.5, 0.6) is 0 Å². The molecule has 0 aliphatic carbocycles. The van der Waals surface area contributed by atoms with Crippen molar-refractivity contribution in [1.82, 2.24) is 10.6 Å². The molecule has 0 spiro atoms. The standard InChI is InChI=1S/C20H32FN3O2/c1-20(2,3)26-18(25)12-7-5-6-8-13-23-19(22-4)24-15-16-10-9-11-17(21)14-16/h9-11,14H,5-8,12-13,15H2,1-4H3,(H2,22,23,24). The van der Waals surface area contributed by atoms with Crippen LogP contribution in [-0.2, 0) is 16.1 Å². The van der Waals surface area contributed by atoms with Crippen molar-refractivity contribution >= 4 is 11.9 Å². The monoisotopic (exact) mass is 365 g/mol. The number of hydrogen-bond donors (Lipinski definition) is 2. The molecule has 1 aromatic rings. The van der Waals surface area contributed by atoms with Gasteiger partial charge in [-0.15, -0.1) is 0 Å². The Hall–Kier alpha value is -2.11. The van der Waals surface area contributed by atoms with Crippen molar-refractivity contribution in [2.45, 2.75) is 65.0 Å². The van der Waals surface area contributed by atoms with E-state index in [1.165, 1.54) is 12.1 Å². The minimum atomic E-state index is -0.407. The summed E-state index contributed by atoms with van der Waals surface area (Å²) in [5.41, 5.74) is 0.463. The molecule has 0 amide bonds. The average molecular weight is 365 g/mol. The number of nitrogens with zero attached hydrogens (tertiary/aromatic N) is 1. The largest absolute Gasteiger partial charge is 0.460 e. The molecule has 2 N–H and O–H groups in total. The molecule has 146 valence electrons. The van der Waals surface area contributed by atoms with Crippen molar-refractivity contribution in [2.75, 3.05) is 13.6 Å². The van der Waals surface area contributed by atoms with Crippen LogP contribution in [0, 0.1) is 5.82 Å². The number of rotatable bonds is 9. The predicted octanol–water partition coefficient (Wildman–Crippen LogP) is 3.78. The van der Waals surface area contributed by atoms with Gasteiger partial charge in [0.1, 0.15) is 11.4 Å². The topological polar surface area (TPSA) is 62.7 Å². The van der Waals surface area contributed by atoms with Crippen LogP contribution in [0.25, 0.3) is 0 Å². The number of halogens is 1. The molecule has 0 aromatic heterocycles. The number of aliphatic imine (C=N–C) groups is 1. The molecule has 0 aliphatic heterocycles. The van der Waals surface area contributed by atoms with Crippen LogP contribution in [-0.4, -0.2) is 31.1 Å². The fourth-order valence-electron chi connectivity index (χ4n) is 2.40. The van der Waals surface area contributed by atoms with Crippen molar-refractivity contribution in [2.24, 2.45) is 4.99 Å². The van der Waals surface area contributed by atoms with Crippen molar-refractivity contribution in [3.05, 3.63) is 35.6 Å². The van der Waals surface area contributed by atoms with Gasteiger partial charge in [0.05, 0.1) is 0 Å². The molecule has 0 aliphatic rings. The zero-order valence-corrected chi connectivity index (χ0v) is 16.4. The number of hydrogen-bond acceptors (Lipinski definition) is 3. The van der Waals surface area contributed by atoms with Gasteiger partial charge in [-0.25, -0.2) is 4.39 Å². The lowest BCUT2D eigenvalue weighted by Crippen LogP contribution is -2.37.